The number of rotatable bonds is 5. The van der Waals surface area contributed by atoms with E-state index in [1.807, 2.05) is 0 Å². The van der Waals surface area contributed by atoms with Crippen molar-refractivity contribution >= 4 is 5.91 Å². The van der Waals surface area contributed by atoms with E-state index in [0.29, 0.717) is 19.0 Å². The Morgan fingerprint density at radius 3 is 2.79 bits per heavy atom. The zero-order valence-corrected chi connectivity index (χ0v) is 9.09. The fourth-order valence-electron chi connectivity index (χ4n) is 2.07. The minimum absolute atomic E-state index is 0.206. The first-order valence-corrected chi connectivity index (χ1v) is 5.71. The molecule has 0 radical (unpaired) electrons. The van der Waals surface area contributed by atoms with E-state index in [0.717, 1.165) is 31.6 Å². The number of unbranched alkanes of at least 4 members (excludes halogenated alkanes) is 1. The Bertz CT molecular complexity index is 182. The normalized spacial score (nSPS) is 26.4. The first-order chi connectivity index (χ1) is 6.72. The van der Waals surface area contributed by atoms with Gasteiger partial charge in [0.05, 0.1) is 0 Å². The van der Waals surface area contributed by atoms with Crippen LogP contribution in [0.15, 0.2) is 0 Å². The highest BCUT2D eigenvalue weighted by Crippen LogP contribution is 2.24. The van der Waals surface area contributed by atoms with Gasteiger partial charge >= 0.3 is 0 Å². The maximum Gasteiger partial charge on any atom is 0.220 e. The average molecular weight is 198 g/mol. The molecule has 0 aromatic carbocycles. The molecule has 0 bridgehead atoms. The van der Waals surface area contributed by atoms with Crippen molar-refractivity contribution in [3.05, 3.63) is 0 Å². The fourth-order valence-corrected chi connectivity index (χ4v) is 2.07. The van der Waals surface area contributed by atoms with Crippen molar-refractivity contribution in [3.8, 4) is 0 Å². The highest BCUT2D eigenvalue weighted by atomic mass is 16.1. The molecule has 0 aromatic heterocycles. The number of hydrogen-bond donors (Lipinski definition) is 2. The van der Waals surface area contributed by atoms with Gasteiger partial charge in [0.1, 0.15) is 0 Å². The first kappa shape index (κ1) is 11.5. The summed E-state index contributed by atoms with van der Waals surface area (Å²) >= 11 is 0. The molecule has 1 aliphatic rings. The predicted molar refractivity (Wildman–Crippen MR) is 57.9 cm³/mol. The number of carbonyl (C=O) groups excluding carboxylic acids is 1. The van der Waals surface area contributed by atoms with E-state index in [1.54, 1.807) is 0 Å². The van der Waals surface area contributed by atoms with Gasteiger partial charge < -0.3 is 11.1 Å². The third-order valence-electron chi connectivity index (χ3n) is 2.92. The summed E-state index contributed by atoms with van der Waals surface area (Å²) in [5.41, 5.74) is 5.36. The van der Waals surface area contributed by atoms with Gasteiger partial charge in [-0.1, -0.05) is 6.92 Å². The van der Waals surface area contributed by atoms with E-state index in [9.17, 15) is 4.79 Å². The topological polar surface area (TPSA) is 55.1 Å². The van der Waals surface area contributed by atoms with Gasteiger partial charge in [-0.15, -0.1) is 0 Å². The van der Waals surface area contributed by atoms with Gasteiger partial charge in [0, 0.05) is 12.5 Å². The van der Waals surface area contributed by atoms with Gasteiger partial charge in [0.2, 0.25) is 5.91 Å². The van der Waals surface area contributed by atoms with Gasteiger partial charge in [-0.2, -0.15) is 0 Å². The molecule has 1 aliphatic carbocycles. The van der Waals surface area contributed by atoms with Crippen LogP contribution in [0.5, 0.6) is 0 Å². The van der Waals surface area contributed by atoms with Crippen LogP contribution in [0.25, 0.3) is 0 Å². The lowest BCUT2D eigenvalue weighted by molar-refractivity contribution is -0.121. The third-order valence-corrected chi connectivity index (χ3v) is 2.92. The summed E-state index contributed by atoms with van der Waals surface area (Å²) in [5.74, 6) is 0.988. The van der Waals surface area contributed by atoms with Crippen molar-refractivity contribution in [1.29, 1.82) is 0 Å². The number of nitrogens with one attached hydrogen (secondary N) is 1. The molecule has 2 unspecified atom stereocenters. The van der Waals surface area contributed by atoms with Gasteiger partial charge in [-0.3, -0.25) is 4.79 Å². The molecule has 0 aromatic rings. The van der Waals surface area contributed by atoms with E-state index in [4.69, 9.17) is 5.73 Å². The molecule has 82 valence electrons. The monoisotopic (exact) mass is 198 g/mol. The summed E-state index contributed by atoms with van der Waals surface area (Å²) in [6.45, 7) is 2.94. The third kappa shape index (κ3) is 4.09. The van der Waals surface area contributed by atoms with Gasteiger partial charge in [0.25, 0.3) is 0 Å². The Morgan fingerprint density at radius 1 is 1.43 bits per heavy atom. The second kappa shape index (κ2) is 6.02. The molecular weight excluding hydrogens is 176 g/mol. The molecule has 1 amide bonds. The summed E-state index contributed by atoms with van der Waals surface area (Å²) in [4.78, 5) is 11.4. The SMILES string of the molecule is CC1CCC(NC(=O)CCCCN)C1. The minimum atomic E-state index is 0.206. The Morgan fingerprint density at radius 2 is 2.21 bits per heavy atom. The number of hydrogen-bond acceptors (Lipinski definition) is 2. The summed E-state index contributed by atoms with van der Waals surface area (Å²) in [6, 6.07) is 0.440. The average Bonchev–Trinajstić information content (AvgIpc) is 2.52. The number of amides is 1. The molecule has 0 saturated heterocycles. The maximum absolute atomic E-state index is 11.4. The fraction of sp³-hybridized carbons (Fsp3) is 0.909. The van der Waals surface area contributed by atoms with Crippen molar-refractivity contribution in [2.75, 3.05) is 6.54 Å². The lowest BCUT2D eigenvalue weighted by atomic mass is 10.1. The molecule has 0 aliphatic heterocycles. The van der Waals surface area contributed by atoms with Crippen molar-refractivity contribution in [2.45, 2.75) is 51.5 Å². The van der Waals surface area contributed by atoms with Crippen molar-refractivity contribution < 1.29 is 4.79 Å². The summed E-state index contributed by atoms with van der Waals surface area (Å²) in [5, 5.41) is 3.09. The molecule has 0 heterocycles. The zero-order valence-electron chi connectivity index (χ0n) is 9.09. The number of carbonyl (C=O) groups is 1. The lowest BCUT2D eigenvalue weighted by Crippen LogP contribution is -2.32. The van der Waals surface area contributed by atoms with Gasteiger partial charge in [-0.25, -0.2) is 0 Å². The van der Waals surface area contributed by atoms with E-state index in [1.165, 1.54) is 6.42 Å². The van der Waals surface area contributed by atoms with Crippen molar-refractivity contribution in [3.63, 3.8) is 0 Å². The van der Waals surface area contributed by atoms with Crippen LogP contribution in [0.4, 0.5) is 0 Å². The van der Waals surface area contributed by atoms with Crippen LogP contribution >= 0.6 is 0 Å². The predicted octanol–water partition coefficient (Wildman–Crippen LogP) is 1.42. The quantitative estimate of drug-likeness (QED) is 0.656. The molecule has 1 fully saturated rings. The van der Waals surface area contributed by atoms with Crippen LogP contribution in [0.2, 0.25) is 0 Å². The Hall–Kier alpha value is -0.570. The highest BCUT2D eigenvalue weighted by Gasteiger charge is 2.22. The standard InChI is InChI=1S/C11H22N2O/c1-9-5-6-10(8-9)13-11(14)4-2-3-7-12/h9-10H,2-8,12H2,1H3,(H,13,14). The van der Waals surface area contributed by atoms with Crippen LogP contribution in [0, 0.1) is 5.92 Å². The lowest BCUT2D eigenvalue weighted by Gasteiger charge is -2.11. The second-order valence-electron chi connectivity index (χ2n) is 4.43. The summed E-state index contributed by atoms with van der Waals surface area (Å²) in [6.07, 6.45) is 6.08. The Balaban J connectivity index is 2.08. The van der Waals surface area contributed by atoms with E-state index >= 15 is 0 Å². The smallest absolute Gasteiger partial charge is 0.220 e. The molecule has 3 heteroatoms. The first-order valence-electron chi connectivity index (χ1n) is 5.71. The Kier molecular flexibility index (Phi) is 4.94. The molecule has 14 heavy (non-hydrogen) atoms. The van der Waals surface area contributed by atoms with Crippen LogP contribution < -0.4 is 11.1 Å². The molecule has 1 saturated carbocycles. The van der Waals surface area contributed by atoms with Crippen LogP contribution in [0.3, 0.4) is 0 Å². The maximum atomic E-state index is 11.4. The van der Waals surface area contributed by atoms with Crippen LogP contribution in [0.1, 0.15) is 45.4 Å². The molecule has 1 rings (SSSR count). The van der Waals surface area contributed by atoms with Crippen LogP contribution in [-0.2, 0) is 4.79 Å². The van der Waals surface area contributed by atoms with E-state index in [2.05, 4.69) is 12.2 Å². The van der Waals surface area contributed by atoms with E-state index in [-0.39, 0.29) is 5.91 Å². The van der Waals surface area contributed by atoms with Gasteiger partial charge in [-0.05, 0) is 44.6 Å². The van der Waals surface area contributed by atoms with Crippen molar-refractivity contribution in [1.82, 2.24) is 5.32 Å². The summed E-state index contributed by atoms with van der Waals surface area (Å²) < 4.78 is 0. The van der Waals surface area contributed by atoms with Crippen LogP contribution in [-0.4, -0.2) is 18.5 Å². The second-order valence-corrected chi connectivity index (χ2v) is 4.43. The Labute approximate surface area is 86.4 Å². The molecular formula is C11H22N2O. The van der Waals surface area contributed by atoms with Gasteiger partial charge in [0.15, 0.2) is 0 Å². The molecule has 3 N–H and O–H groups in total. The summed E-state index contributed by atoms with van der Waals surface area (Å²) in [7, 11) is 0. The molecule has 0 spiro atoms. The minimum Gasteiger partial charge on any atom is -0.353 e. The zero-order chi connectivity index (χ0) is 10.4. The highest BCUT2D eigenvalue weighted by molar-refractivity contribution is 5.76. The number of nitrogens with two attached hydrogens (primary N) is 1. The molecule has 2 atom stereocenters. The van der Waals surface area contributed by atoms with E-state index < -0.39 is 0 Å². The van der Waals surface area contributed by atoms with Crippen molar-refractivity contribution in [2.24, 2.45) is 11.7 Å². The molecule has 3 nitrogen and oxygen atoms in total. The largest absolute Gasteiger partial charge is 0.353 e.